The van der Waals surface area contributed by atoms with Crippen LogP contribution in [-0.4, -0.2) is 42.0 Å². The van der Waals surface area contributed by atoms with Crippen molar-refractivity contribution in [2.24, 2.45) is 11.7 Å². The number of hydrogen-bond donors (Lipinski definition) is 2. The van der Waals surface area contributed by atoms with E-state index in [4.69, 9.17) is 5.73 Å². The first-order chi connectivity index (χ1) is 8.01. The molecule has 0 aromatic rings. The monoisotopic (exact) mass is 311 g/mol. The van der Waals surface area contributed by atoms with E-state index in [2.05, 4.69) is 24.1 Å². The van der Waals surface area contributed by atoms with E-state index in [-0.39, 0.29) is 30.7 Å². The highest BCUT2D eigenvalue weighted by molar-refractivity contribution is 5.88. The Morgan fingerprint density at radius 2 is 2.11 bits per heavy atom. The predicted molar refractivity (Wildman–Crippen MR) is 83.1 cm³/mol. The number of hydrogen-bond acceptors (Lipinski definition) is 3. The Kier molecular flexibility index (Phi) is 7.66. The van der Waals surface area contributed by atoms with E-state index in [0.29, 0.717) is 6.04 Å². The molecule has 1 aliphatic heterocycles. The molecule has 2 atom stereocenters. The highest BCUT2D eigenvalue weighted by atomic mass is 35.5. The van der Waals surface area contributed by atoms with Crippen LogP contribution in [0.15, 0.2) is 0 Å². The van der Waals surface area contributed by atoms with Crippen LogP contribution < -0.4 is 11.1 Å². The second-order valence-corrected chi connectivity index (χ2v) is 5.96. The summed E-state index contributed by atoms with van der Waals surface area (Å²) >= 11 is 0. The lowest BCUT2D eigenvalue weighted by Gasteiger charge is -2.35. The van der Waals surface area contributed by atoms with E-state index in [9.17, 15) is 4.79 Å². The van der Waals surface area contributed by atoms with Gasteiger partial charge in [0.15, 0.2) is 0 Å². The maximum atomic E-state index is 11.7. The molecule has 1 saturated heterocycles. The van der Waals surface area contributed by atoms with Crippen molar-refractivity contribution in [1.29, 1.82) is 0 Å². The molecule has 2 fully saturated rings. The van der Waals surface area contributed by atoms with E-state index in [1.54, 1.807) is 0 Å². The molecule has 0 radical (unpaired) electrons. The number of rotatable bonds is 4. The molecule has 19 heavy (non-hydrogen) atoms. The van der Waals surface area contributed by atoms with E-state index >= 15 is 0 Å². The minimum atomic E-state index is -0.533. The number of nitrogens with zero attached hydrogens (tertiary/aromatic N) is 1. The molecular weight excluding hydrogens is 285 g/mol. The lowest BCUT2D eigenvalue weighted by atomic mass is 9.99. The largest absolute Gasteiger partial charge is 0.353 e. The summed E-state index contributed by atoms with van der Waals surface area (Å²) in [6, 6.07) is 0.420. The van der Waals surface area contributed by atoms with Gasteiger partial charge in [-0.2, -0.15) is 0 Å². The Hall–Kier alpha value is -0.0300. The minimum absolute atomic E-state index is 0. The second-order valence-electron chi connectivity index (χ2n) is 5.96. The van der Waals surface area contributed by atoms with Crippen molar-refractivity contribution in [3.8, 4) is 0 Å². The molecule has 1 heterocycles. The molecule has 2 unspecified atom stereocenters. The maximum absolute atomic E-state index is 11.7. The van der Waals surface area contributed by atoms with E-state index < -0.39 is 5.54 Å². The minimum Gasteiger partial charge on any atom is -0.353 e. The number of nitrogens with one attached hydrogen (secondary N) is 1. The standard InChI is InChI=1S/C13H25N3O.2ClH/c1-10-4-3-7-16(9-10)11(2)8-15-12(17)13(14)5-6-13;;/h10-11H,3-9,14H2,1-2H3,(H,15,17);2*1H. The van der Waals surface area contributed by atoms with Crippen LogP contribution in [0.1, 0.15) is 39.5 Å². The fourth-order valence-corrected chi connectivity index (χ4v) is 2.53. The fraction of sp³-hybridized carbons (Fsp3) is 0.923. The summed E-state index contributed by atoms with van der Waals surface area (Å²) in [4.78, 5) is 14.2. The summed E-state index contributed by atoms with van der Waals surface area (Å²) in [7, 11) is 0. The fourth-order valence-electron chi connectivity index (χ4n) is 2.53. The summed E-state index contributed by atoms with van der Waals surface area (Å²) in [6.45, 7) is 7.54. The number of nitrogens with two attached hydrogens (primary N) is 1. The Morgan fingerprint density at radius 3 is 2.63 bits per heavy atom. The third-order valence-corrected chi connectivity index (χ3v) is 4.11. The SMILES string of the molecule is CC1CCCN(C(C)CNC(=O)C2(N)CC2)C1.Cl.Cl. The van der Waals surface area contributed by atoms with Gasteiger partial charge in [0.25, 0.3) is 0 Å². The average Bonchev–Trinajstić information content (AvgIpc) is 3.05. The molecule has 1 amide bonds. The zero-order valence-electron chi connectivity index (χ0n) is 11.9. The number of likely N-dealkylation sites (tertiary alicyclic amines) is 1. The lowest BCUT2D eigenvalue weighted by molar-refractivity contribution is -0.123. The van der Waals surface area contributed by atoms with E-state index in [1.807, 2.05) is 0 Å². The number of piperidine rings is 1. The molecule has 3 N–H and O–H groups in total. The molecule has 6 heteroatoms. The van der Waals surface area contributed by atoms with Crippen molar-refractivity contribution in [2.75, 3.05) is 19.6 Å². The summed E-state index contributed by atoms with van der Waals surface area (Å²) in [5.41, 5.74) is 5.32. The number of halogens is 2. The highest BCUT2D eigenvalue weighted by Gasteiger charge is 2.45. The van der Waals surface area contributed by atoms with Gasteiger partial charge in [-0.1, -0.05) is 6.92 Å². The van der Waals surface area contributed by atoms with Gasteiger partial charge in [-0.3, -0.25) is 9.69 Å². The summed E-state index contributed by atoms with van der Waals surface area (Å²) < 4.78 is 0. The second kappa shape index (κ2) is 7.67. The molecule has 0 aromatic carbocycles. The summed E-state index contributed by atoms with van der Waals surface area (Å²) in [5.74, 6) is 0.820. The van der Waals surface area contributed by atoms with Crippen LogP contribution in [0.5, 0.6) is 0 Å². The third kappa shape index (κ3) is 5.10. The Morgan fingerprint density at radius 1 is 1.47 bits per heavy atom. The van der Waals surface area contributed by atoms with Gasteiger partial charge < -0.3 is 11.1 Å². The molecule has 2 aliphatic rings. The summed E-state index contributed by atoms with van der Waals surface area (Å²) in [6.07, 6.45) is 4.30. The third-order valence-electron chi connectivity index (χ3n) is 4.11. The Bertz CT molecular complexity index is 298. The average molecular weight is 312 g/mol. The zero-order valence-corrected chi connectivity index (χ0v) is 13.5. The van der Waals surface area contributed by atoms with Crippen LogP contribution >= 0.6 is 24.8 Å². The van der Waals surface area contributed by atoms with Crippen molar-refractivity contribution >= 4 is 30.7 Å². The van der Waals surface area contributed by atoms with Crippen molar-refractivity contribution in [3.05, 3.63) is 0 Å². The van der Waals surface area contributed by atoms with Crippen LogP contribution in [0.3, 0.4) is 0 Å². The van der Waals surface area contributed by atoms with Crippen molar-refractivity contribution < 1.29 is 4.79 Å². The maximum Gasteiger partial charge on any atom is 0.240 e. The van der Waals surface area contributed by atoms with Gasteiger partial charge in [0.1, 0.15) is 0 Å². The Labute approximate surface area is 128 Å². The quantitative estimate of drug-likeness (QED) is 0.828. The predicted octanol–water partition coefficient (Wildman–Crippen LogP) is 1.56. The topological polar surface area (TPSA) is 58.4 Å². The molecular formula is C13H27Cl2N3O. The number of carbonyl (C=O) groups excluding carboxylic acids is 1. The molecule has 0 spiro atoms. The van der Waals surface area contributed by atoms with Gasteiger partial charge in [0.05, 0.1) is 5.54 Å². The normalized spacial score (nSPS) is 26.6. The van der Waals surface area contributed by atoms with Gasteiger partial charge in [-0.15, -0.1) is 24.8 Å². The molecule has 2 rings (SSSR count). The number of carbonyl (C=O) groups is 1. The van der Waals surface area contributed by atoms with Crippen LogP contribution in [0.25, 0.3) is 0 Å². The van der Waals surface area contributed by atoms with Crippen LogP contribution in [0, 0.1) is 5.92 Å². The van der Waals surface area contributed by atoms with Crippen molar-refractivity contribution in [3.63, 3.8) is 0 Å². The van der Waals surface area contributed by atoms with Crippen molar-refractivity contribution in [1.82, 2.24) is 10.2 Å². The Balaban J connectivity index is 0.00000162. The van der Waals surface area contributed by atoms with Crippen LogP contribution in [0.2, 0.25) is 0 Å². The van der Waals surface area contributed by atoms with Crippen LogP contribution in [0.4, 0.5) is 0 Å². The molecule has 1 aliphatic carbocycles. The highest BCUT2D eigenvalue weighted by Crippen LogP contribution is 2.32. The lowest BCUT2D eigenvalue weighted by Crippen LogP contribution is -2.50. The first-order valence-electron chi connectivity index (χ1n) is 6.82. The molecule has 4 nitrogen and oxygen atoms in total. The van der Waals surface area contributed by atoms with Gasteiger partial charge in [0.2, 0.25) is 5.91 Å². The van der Waals surface area contributed by atoms with Gasteiger partial charge >= 0.3 is 0 Å². The smallest absolute Gasteiger partial charge is 0.240 e. The first-order valence-corrected chi connectivity index (χ1v) is 6.82. The van der Waals surface area contributed by atoms with E-state index in [1.165, 1.54) is 12.8 Å². The molecule has 114 valence electrons. The molecule has 0 aromatic heterocycles. The molecule has 1 saturated carbocycles. The van der Waals surface area contributed by atoms with Gasteiger partial charge in [0, 0.05) is 19.1 Å². The summed E-state index contributed by atoms with van der Waals surface area (Å²) in [5, 5.41) is 2.99. The van der Waals surface area contributed by atoms with Crippen LogP contribution in [-0.2, 0) is 4.79 Å². The first kappa shape index (κ1) is 19.0. The van der Waals surface area contributed by atoms with Gasteiger partial charge in [-0.25, -0.2) is 0 Å². The number of amides is 1. The van der Waals surface area contributed by atoms with E-state index in [0.717, 1.165) is 38.4 Å². The van der Waals surface area contributed by atoms with Crippen molar-refractivity contribution in [2.45, 2.75) is 51.1 Å². The molecule has 0 bridgehead atoms. The zero-order chi connectivity index (χ0) is 12.5. The van der Waals surface area contributed by atoms with Gasteiger partial charge in [-0.05, 0) is 45.1 Å².